The number of rotatable bonds is 6. The zero-order chi connectivity index (χ0) is 13.5. The van der Waals surface area contributed by atoms with Gasteiger partial charge in [0.05, 0.1) is 5.56 Å². The van der Waals surface area contributed by atoms with Crippen molar-refractivity contribution in [2.24, 2.45) is 0 Å². The van der Waals surface area contributed by atoms with Gasteiger partial charge in [-0.25, -0.2) is 13.9 Å². The number of carbonyl (C=O) groups is 1. The summed E-state index contributed by atoms with van der Waals surface area (Å²) >= 11 is 0. The highest BCUT2D eigenvalue weighted by atomic mass is 32.2. The fourth-order valence-electron chi connectivity index (χ4n) is 1.11. The number of hydrogen-bond acceptors (Lipinski definition) is 4. The maximum atomic E-state index is 11.8. The molecule has 6 nitrogen and oxygen atoms in total. The molecule has 0 fully saturated rings. The van der Waals surface area contributed by atoms with Gasteiger partial charge in [0, 0.05) is 6.20 Å². The number of carboxylic acids is 1. The number of hydrogen-bond donors (Lipinski definition) is 2. The van der Waals surface area contributed by atoms with Crippen LogP contribution in [0.4, 0.5) is 0 Å². The molecule has 0 bridgehead atoms. The average molecular weight is 265 g/mol. The summed E-state index contributed by atoms with van der Waals surface area (Å²) in [6.07, 6.45) is 2.85. The molecule has 0 aliphatic carbocycles. The third-order valence-electron chi connectivity index (χ3n) is 2.01. The second kappa shape index (κ2) is 6.64. The van der Waals surface area contributed by atoms with Crippen molar-refractivity contribution in [3.8, 4) is 6.07 Å². The number of carboxylic acid groups (broad SMARTS) is 1. The van der Waals surface area contributed by atoms with Crippen LogP contribution in [0.1, 0.15) is 12.0 Å². The van der Waals surface area contributed by atoms with Gasteiger partial charge in [0.1, 0.15) is 28.1 Å². The Morgan fingerprint density at radius 2 is 2.44 bits per heavy atom. The van der Waals surface area contributed by atoms with E-state index in [1.807, 2.05) is 6.07 Å². The standard InChI is InChI=1S/C11H11N3O3S/c1-2-3-9(11(15)16)14-18(17)10-5-4-8(6-12)7-13-10/h2,4-5,7,9,14H,1,3H2,(H,15,16)/t9-,18?/m1/s1. The van der Waals surface area contributed by atoms with Gasteiger partial charge < -0.3 is 5.11 Å². The van der Waals surface area contributed by atoms with Gasteiger partial charge in [-0.05, 0) is 18.6 Å². The third kappa shape index (κ3) is 3.76. The first-order valence-electron chi connectivity index (χ1n) is 4.96. The minimum Gasteiger partial charge on any atom is -0.480 e. The van der Waals surface area contributed by atoms with Gasteiger partial charge in [-0.15, -0.1) is 6.58 Å². The van der Waals surface area contributed by atoms with E-state index in [0.29, 0.717) is 5.56 Å². The van der Waals surface area contributed by atoms with Gasteiger partial charge in [-0.1, -0.05) is 6.08 Å². The van der Waals surface area contributed by atoms with Crippen molar-refractivity contribution in [2.45, 2.75) is 17.5 Å². The molecule has 1 aromatic heterocycles. The number of nitrogens with zero attached hydrogens (tertiary/aromatic N) is 2. The Labute approximate surface area is 107 Å². The molecule has 0 radical (unpaired) electrons. The Morgan fingerprint density at radius 3 is 2.89 bits per heavy atom. The summed E-state index contributed by atoms with van der Waals surface area (Å²) in [4.78, 5) is 14.7. The zero-order valence-corrected chi connectivity index (χ0v) is 10.2. The summed E-state index contributed by atoms with van der Waals surface area (Å²) < 4.78 is 14.2. The topological polar surface area (TPSA) is 103 Å². The van der Waals surface area contributed by atoms with E-state index < -0.39 is 23.0 Å². The Kier molecular flexibility index (Phi) is 5.17. The summed E-state index contributed by atoms with van der Waals surface area (Å²) in [5.41, 5.74) is 0.344. The first kappa shape index (κ1) is 14.0. The fourth-order valence-corrected chi connectivity index (χ4v) is 2.03. The number of nitrogens with one attached hydrogen (secondary N) is 1. The monoisotopic (exact) mass is 265 g/mol. The minimum absolute atomic E-state index is 0.150. The molecule has 0 spiro atoms. The predicted octanol–water partition coefficient (Wildman–Crippen LogP) is 0.595. The molecule has 0 amide bonds. The molecule has 0 aliphatic heterocycles. The van der Waals surface area contributed by atoms with E-state index in [9.17, 15) is 9.00 Å². The van der Waals surface area contributed by atoms with Gasteiger partial charge in [0.15, 0.2) is 0 Å². The van der Waals surface area contributed by atoms with Gasteiger partial charge in [-0.2, -0.15) is 5.26 Å². The summed E-state index contributed by atoms with van der Waals surface area (Å²) in [5, 5.41) is 17.6. The SMILES string of the molecule is C=CC[C@@H](NS(=O)c1ccc(C#N)cn1)C(=O)O. The van der Waals surface area contributed by atoms with Crippen molar-refractivity contribution in [1.82, 2.24) is 9.71 Å². The largest absolute Gasteiger partial charge is 0.480 e. The van der Waals surface area contributed by atoms with Crippen molar-refractivity contribution in [3.05, 3.63) is 36.5 Å². The summed E-state index contributed by atoms with van der Waals surface area (Å²) in [7, 11) is -1.74. The number of pyridine rings is 1. The Hall–Kier alpha value is -2.04. The first-order chi connectivity index (χ1) is 8.58. The Morgan fingerprint density at radius 1 is 1.72 bits per heavy atom. The normalized spacial score (nSPS) is 13.3. The fraction of sp³-hybridized carbons (Fsp3) is 0.182. The second-order valence-electron chi connectivity index (χ2n) is 3.30. The van der Waals surface area contributed by atoms with Crippen LogP contribution in [0.3, 0.4) is 0 Å². The molecular formula is C11H11N3O3S. The lowest BCUT2D eigenvalue weighted by molar-refractivity contribution is -0.138. The highest BCUT2D eigenvalue weighted by Crippen LogP contribution is 2.04. The van der Waals surface area contributed by atoms with Crippen LogP contribution in [0.15, 0.2) is 36.0 Å². The molecule has 0 saturated heterocycles. The number of aromatic nitrogens is 1. The van der Waals surface area contributed by atoms with E-state index >= 15 is 0 Å². The first-order valence-corrected chi connectivity index (χ1v) is 6.11. The molecule has 7 heteroatoms. The average Bonchev–Trinajstić information content (AvgIpc) is 2.38. The Bertz CT molecular complexity index is 507. The van der Waals surface area contributed by atoms with Gasteiger partial charge in [0.2, 0.25) is 0 Å². The van der Waals surface area contributed by atoms with Crippen LogP contribution in [0.25, 0.3) is 0 Å². The summed E-state index contributed by atoms with van der Waals surface area (Å²) in [5.74, 6) is -1.11. The molecular weight excluding hydrogens is 254 g/mol. The van der Waals surface area contributed by atoms with Crippen LogP contribution in [0.5, 0.6) is 0 Å². The molecule has 94 valence electrons. The van der Waals surface area contributed by atoms with Crippen LogP contribution in [0.2, 0.25) is 0 Å². The van der Waals surface area contributed by atoms with Crippen LogP contribution >= 0.6 is 0 Å². The molecule has 0 aromatic carbocycles. The van der Waals surface area contributed by atoms with Crippen LogP contribution < -0.4 is 4.72 Å². The minimum atomic E-state index is -1.74. The lowest BCUT2D eigenvalue weighted by Crippen LogP contribution is -2.37. The van der Waals surface area contributed by atoms with Crippen molar-refractivity contribution in [1.29, 1.82) is 5.26 Å². The van der Waals surface area contributed by atoms with E-state index in [2.05, 4.69) is 16.3 Å². The van der Waals surface area contributed by atoms with Crippen molar-refractivity contribution >= 4 is 17.0 Å². The van der Waals surface area contributed by atoms with Crippen molar-refractivity contribution < 1.29 is 14.1 Å². The highest BCUT2D eigenvalue weighted by Gasteiger charge is 2.19. The molecule has 2 atom stereocenters. The molecule has 1 heterocycles. The van der Waals surface area contributed by atoms with Gasteiger partial charge >= 0.3 is 5.97 Å². The third-order valence-corrected chi connectivity index (χ3v) is 3.13. The smallest absolute Gasteiger partial charge is 0.321 e. The van der Waals surface area contributed by atoms with E-state index in [1.54, 1.807) is 0 Å². The van der Waals surface area contributed by atoms with Crippen molar-refractivity contribution in [3.63, 3.8) is 0 Å². The molecule has 2 N–H and O–H groups in total. The lowest BCUT2D eigenvalue weighted by Gasteiger charge is -2.11. The molecule has 18 heavy (non-hydrogen) atoms. The lowest BCUT2D eigenvalue weighted by atomic mass is 10.2. The van der Waals surface area contributed by atoms with Crippen LogP contribution in [-0.4, -0.2) is 26.3 Å². The number of nitriles is 1. The maximum absolute atomic E-state index is 11.8. The quantitative estimate of drug-likeness (QED) is 0.733. The van der Waals surface area contributed by atoms with Gasteiger partial charge in [-0.3, -0.25) is 4.79 Å². The van der Waals surface area contributed by atoms with E-state index in [1.165, 1.54) is 24.4 Å². The van der Waals surface area contributed by atoms with E-state index in [-0.39, 0.29) is 11.4 Å². The van der Waals surface area contributed by atoms with Crippen LogP contribution in [-0.2, 0) is 15.8 Å². The molecule has 1 rings (SSSR count). The molecule has 0 saturated carbocycles. The van der Waals surface area contributed by atoms with E-state index in [4.69, 9.17) is 10.4 Å². The summed E-state index contributed by atoms with van der Waals surface area (Å²) in [6, 6.07) is 3.77. The highest BCUT2D eigenvalue weighted by molar-refractivity contribution is 7.83. The predicted molar refractivity (Wildman–Crippen MR) is 64.7 cm³/mol. The molecule has 0 aliphatic rings. The second-order valence-corrected chi connectivity index (χ2v) is 4.49. The molecule has 1 aromatic rings. The summed E-state index contributed by atoms with van der Waals surface area (Å²) in [6.45, 7) is 3.43. The van der Waals surface area contributed by atoms with Crippen LogP contribution in [0, 0.1) is 11.3 Å². The van der Waals surface area contributed by atoms with E-state index in [0.717, 1.165) is 0 Å². The molecule has 1 unspecified atom stereocenters. The number of aliphatic carboxylic acids is 1. The maximum Gasteiger partial charge on any atom is 0.321 e. The zero-order valence-electron chi connectivity index (χ0n) is 9.37. The van der Waals surface area contributed by atoms with Crippen molar-refractivity contribution in [2.75, 3.05) is 0 Å². The van der Waals surface area contributed by atoms with Gasteiger partial charge in [0.25, 0.3) is 0 Å². The Balaban J connectivity index is 2.77.